The van der Waals surface area contributed by atoms with Crippen LogP contribution in [-0.2, 0) is 9.63 Å². The Morgan fingerprint density at radius 1 is 1.30 bits per heavy atom. The number of nitrogens with zero attached hydrogens (tertiary/aromatic N) is 4. The fraction of sp³-hybridized carbons (Fsp3) is 0.375. The van der Waals surface area contributed by atoms with Crippen molar-refractivity contribution in [1.29, 1.82) is 0 Å². The van der Waals surface area contributed by atoms with E-state index in [1.807, 2.05) is 32.9 Å². The van der Waals surface area contributed by atoms with Crippen LogP contribution in [0, 0.1) is 5.41 Å². The molecule has 0 aliphatic heterocycles. The Kier molecular flexibility index (Phi) is 5.10. The van der Waals surface area contributed by atoms with E-state index in [-0.39, 0.29) is 5.78 Å². The lowest BCUT2D eigenvalue weighted by Gasteiger charge is -2.25. The van der Waals surface area contributed by atoms with E-state index in [0.29, 0.717) is 5.75 Å². The summed E-state index contributed by atoms with van der Waals surface area (Å²) >= 11 is 0. The Labute approximate surface area is 134 Å². The molecule has 7 heteroatoms. The lowest BCUT2D eigenvalue weighted by atomic mass is 9.90. The number of benzene rings is 1. The van der Waals surface area contributed by atoms with Crippen LogP contribution in [-0.4, -0.2) is 33.9 Å². The summed E-state index contributed by atoms with van der Waals surface area (Å²) in [7, 11) is 1.48. The van der Waals surface area contributed by atoms with Crippen molar-refractivity contribution in [2.24, 2.45) is 10.6 Å². The van der Waals surface area contributed by atoms with Gasteiger partial charge in [0, 0.05) is 5.41 Å². The van der Waals surface area contributed by atoms with Gasteiger partial charge in [0.05, 0.1) is 6.21 Å². The minimum atomic E-state index is -0.865. The summed E-state index contributed by atoms with van der Waals surface area (Å²) in [5.74, 6) is 0.464. The van der Waals surface area contributed by atoms with Crippen LogP contribution in [0.25, 0.3) is 0 Å². The normalized spacial score (nSPS) is 13.0. The molecule has 122 valence electrons. The molecule has 7 nitrogen and oxygen atoms in total. The maximum absolute atomic E-state index is 12.6. The van der Waals surface area contributed by atoms with Crippen LogP contribution in [0.2, 0.25) is 0 Å². The number of oxime groups is 1. The van der Waals surface area contributed by atoms with Crippen molar-refractivity contribution in [1.82, 2.24) is 14.8 Å². The zero-order valence-electron chi connectivity index (χ0n) is 13.6. The average Bonchev–Trinajstić information content (AvgIpc) is 3.04. The smallest absolute Gasteiger partial charge is 0.252 e. The molecule has 0 N–H and O–H groups in total. The molecular weight excluding hydrogens is 296 g/mol. The maximum atomic E-state index is 12.6. The minimum Gasteiger partial charge on any atom is -0.461 e. The molecule has 2 aromatic rings. The highest BCUT2D eigenvalue weighted by Gasteiger charge is 2.33. The summed E-state index contributed by atoms with van der Waals surface area (Å²) in [6.45, 7) is 5.52. The molecule has 2 rings (SSSR count). The first kappa shape index (κ1) is 16.7. The van der Waals surface area contributed by atoms with Crippen molar-refractivity contribution >= 4 is 12.0 Å². The molecule has 0 fully saturated rings. The quantitative estimate of drug-likeness (QED) is 0.604. The van der Waals surface area contributed by atoms with Crippen LogP contribution in [0.15, 0.2) is 42.1 Å². The van der Waals surface area contributed by atoms with Crippen molar-refractivity contribution < 1.29 is 14.4 Å². The summed E-state index contributed by atoms with van der Waals surface area (Å²) in [6.07, 6.45) is 3.56. The molecule has 0 saturated heterocycles. The monoisotopic (exact) mass is 316 g/mol. The fourth-order valence-corrected chi connectivity index (χ4v) is 1.81. The number of aromatic nitrogens is 3. The highest BCUT2D eigenvalue weighted by atomic mass is 16.6. The van der Waals surface area contributed by atoms with Gasteiger partial charge in [-0.2, -0.15) is 5.10 Å². The second-order valence-electron chi connectivity index (χ2n) is 5.95. The molecule has 0 spiro atoms. The van der Waals surface area contributed by atoms with Crippen molar-refractivity contribution in [3.63, 3.8) is 0 Å². The minimum absolute atomic E-state index is 0.0898. The Bertz CT molecular complexity index is 658. The van der Waals surface area contributed by atoms with Gasteiger partial charge in [-0.15, -0.1) is 0 Å². The second-order valence-corrected chi connectivity index (χ2v) is 5.95. The van der Waals surface area contributed by atoms with E-state index >= 15 is 0 Å². The topological polar surface area (TPSA) is 78.6 Å². The third-order valence-corrected chi connectivity index (χ3v) is 3.08. The molecule has 1 aromatic heterocycles. The lowest BCUT2D eigenvalue weighted by Crippen LogP contribution is -2.34. The zero-order chi connectivity index (χ0) is 16.9. The van der Waals surface area contributed by atoms with Gasteiger partial charge in [0.25, 0.3) is 6.23 Å². The Morgan fingerprint density at radius 2 is 2.00 bits per heavy atom. The third kappa shape index (κ3) is 4.38. The van der Waals surface area contributed by atoms with Gasteiger partial charge in [0.1, 0.15) is 25.5 Å². The van der Waals surface area contributed by atoms with Crippen LogP contribution in [0.4, 0.5) is 0 Å². The summed E-state index contributed by atoms with van der Waals surface area (Å²) in [4.78, 5) is 21.1. The van der Waals surface area contributed by atoms with Crippen molar-refractivity contribution in [3.05, 3.63) is 42.5 Å². The largest absolute Gasteiger partial charge is 0.461 e. The van der Waals surface area contributed by atoms with E-state index < -0.39 is 11.6 Å². The molecule has 0 aliphatic carbocycles. The molecule has 0 saturated carbocycles. The Balaban J connectivity index is 2.21. The number of ketones is 1. The number of carbonyl (C=O) groups is 1. The standard InChI is InChI=1S/C16H20N4O3/c1-16(2,3)14(21)15(20-11-17-10-18-20)23-13-7-5-12(6-8-13)9-19-22-4/h5-11,15H,1-4H3/b19-9+. The van der Waals surface area contributed by atoms with Crippen LogP contribution < -0.4 is 4.74 Å². The van der Waals surface area contributed by atoms with Crippen molar-refractivity contribution in [3.8, 4) is 5.75 Å². The number of ether oxygens (including phenoxy) is 1. The molecule has 23 heavy (non-hydrogen) atoms. The van der Waals surface area contributed by atoms with Crippen LogP contribution >= 0.6 is 0 Å². The summed E-state index contributed by atoms with van der Waals surface area (Å²) in [5, 5.41) is 7.72. The highest BCUT2D eigenvalue weighted by Crippen LogP contribution is 2.26. The Hall–Kier alpha value is -2.70. The molecule has 1 heterocycles. The van der Waals surface area contributed by atoms with Gasteiger partial charge >= 0.3 is 0 Å². The highest BCUT2D eigenvalue weighted by molar-refractivity contribution is 5.86. The SMILES string of the molecule is CO/N=C/c1ccc(OC(C(=O)C(C)(C)C)n2cncn2)cc1. The molecule has 0 radical (unpaired) electrons. The number of hydrogen-bond acceptors (Lipinski definition) is 6. The zero-order valence-corrected chi connectivity index (χ0v) is 13.6. The predicted octanol–water partition coefficient (Wildman–Crippen LogP) is 2.45. The first-order valence-electron chi connectivity index (χ1n) is 7.13. The fourth-order valence-electron chi connectivity index (χ4n) is 1.81. The van der Waals surface area contributed by atoms with E-state index in [4.69, 9.17) is 4.74 Å². The van der Waals surface area contributed by atoms with E-state index in [9.17, 15) is 4.79 Å². The van der Waals surface area contributed by atoms with Gasteiger partial charge in [-0.05, 0) is 29.8 Å². The molecule has 0 bridgehead atoms. The molecule has 0 amide bonds. The Morgan fingerprint density at radius 3 is 2.52 bits per heavy atom. The van der Waals surface area contributed by atoms with Gasteiger partial charge < -0.3 is 9.57 Å². The van der Waals surface area contributed by atoms with E-state index in [0.717, 1.165) is 5.56 Å². The van der Waals surface area contributed by atoms with Gasteiger partial charge in [-0.25, -0.2) is 9.67 Å². The number of carbonyl (C=O) groups excluding carboxylic acids is 1. The van der Waals surface area contributed by atoms with Gasteiger partial charge in [0.2, 0.25) is 5.78 Å². The molecule has 0 aliphatic rings. The van der Waals surface area contributed by atoms with Crippen molar-refractivity contribution in [2.45, 2.75) is 27.0 Å². The molecular formula is C16H20N4O3. The molecule has 1 atom stereocenters. The van der Waals surface area contributed by atoms with Crippen molar-refractivity contribution in [2.75, 3.05) is 7.11 Å². The molecule has 1 unspecified atom stereocenters. The van der Waals surface area contributed by atoms with Gasteiger partial charge in [-0.3, -0.25) is 4.79 Å². The first-order chi connectivity index (χ1) is 10.9. The second kappa shape index (κ2) is 7.04. The summed E-state index contributed by atoms with van der Waals surface area (Å²) in [5.41, 5.74) is 0.292. The van der Waals surface area contributed by atoms with Gasteiger partial charge in [0.15, 0.2) is 0 Å². The van der Waals surface area contributed by atoms with E-state index in [1.165, 1.54) is 24.4 Å². The summed E-state index contributed by atoms with van der Waals surface area (Å²) in [6, 6.07) is 7.16. The average molecular weight is 316 g/mol. The lowest BCUT2D eigenvalue weighted by molar-refractivity contribution is -0.138. The first-order valence-corrected chi connectivity index (χ1v) is 7.13. The van der Waals surface area contributed by atoms with Gasteiger partial charge in [-0.1, -0.05) is 25.9 Å². The predicted molar refractivity (Wildman–Crippen MR) is 85.2 cm³/mol. The summed E-state index contributed by atoms with van der Waals surface area (Å²) < 4.78 is 7.25. The molecule has 1 aromatic carbocycles. The third-order valence-electron chi connectivity index (χ3n) is 3.08. The van der Waals surface area contributed by atoms with Crippen LogP contribution in [0.3, 0.4) is 0 Å². The number of Topliss-reactive ketones (excluding diaryl/α,β-unsaturated/α-hetero) is 1. The van der Waals surface area contributed by atoms with Crippen LogP contribution in [0.1, 0.15) is 32.6 Å². The van der Waals surface area contributed by atoms with E-state index in [2.05, 4.69) is 20.1 Å². The van der Waals surface area contributed by atoms with Crippen LogP contribution in [0.5, 0.6) is 5.75 Å². The maximum Gasteiger partial charge on any atom is 0.252 e. The number of rotatable bonds is 6. The van der Waals surface area contributed by atoms with E-state index in [1.54, 1.807) is 18.3 Å². The number of hydrogen-bond donors (Lipinski definition) is 0.